The molecule has 32 heavy (non-hydrogen) atoms. The highest BCUT2D eigenvalue weighted by molar-refractivity contribution is 7.99. The molecule has 2 aliphatic rings. The van der Waals surface area contributed by atoms with Gasteiger partial charge < -0.3 is 19.9 Å². The van der Waals surface area contributed by atoms with Crippen LogP contribution in [0.1, 0.15) is 20.8 Å². The second kappa shape index (κ2) is 11.5. The van der Waals surface area contributed by atoms with Gasteiger partial charge in [-0.05, 0) is 0 Å². The number of halogens is 1. The predicted molar refractivity (Wildman–Crippen MR) is 126 cm³/mol. The van der Waals surface area contributed by atoms with Crippen LogP contribution in [0.5, 0.6) is 0 Å². The molecule has 0 atom stereocenters. The van der Waals surface area contributed by atoms with Crippen LogP contribution in [0.3, 0.4) is 0 Å². The molecule has 178 valence electrons. The maximum Gasteiger partial charge on any atom is 0.230 e. The first-order chi connectivity index (χ1) is 15.2. The van der Waals surface area contributed by atoms with Gasteiger partial charge in [0.2, 0.25) is 11.8 Å². The van der Waals surface area contributed by atoms with Crippen molar-refractivity contribution in [2.45, 2.75) is 25.9 Å². The molecule has 3 heterocycles. The molecule has 0 aliphatic carbocycles. The quantitative estimate of drug-likeness (QED) is 0.352. The normalized spacial score (nSPS) is 18.0. The van der Waals surface area contributed by atoms with Gasteiger partial charge in [0.15, 0.2) is 5.16 Å². The van der Waals surface area contributed by atoms with Gasteiger partial charge in [-0.25, -0.2) is 9.97 Å². The van der Waals surface area contributed by atoms with Crippen LogP contribution in [0.15, 0.2) is 11.2 Å². The van der Waals surface area contributed by atoms with Crippen molar-refractivity contribution in [1.29, 1.82) is 0 Å². The minimum absolute atomic E-state index is 0.0531. The zero-order valence-corrected chi connectivity index (χ0v) is 20.7. The smallest absolute Gasteiger partial charge is 0.230 e. The highest BCUT2D eigenvalue weighted by Crippen LogP contribution is 2.24. The summed E-state index contributed by atoms with van der Waals surface area (Å²) < 4.78 is 5.33. The van der Waals surface area contributed by atoms with Crippen LogP contribution in [0.2, 0.25) is 5.15 Å². The van der Waals surface area contributed by atoms with Gasteiger partial charge in [-0.1, -0.05) is 44.1 Å². The number of thioether (sulfide) groups is 1. The first-order valence-corrected chi connectivity index (χ1v) is 12.4. The minimum Gasteiger partial charge on any atom is -0.379 e. The molecule has 0 spiro atoms. The number of hydrogen-bond donors (Lipinski definition) is 1. The lowest BCUT2D eigenvalue weighted by atomic mass is 9.94. The van der Waals surface area contributed by atoms with E-state index in [9.17, 15) is 9.59 Å². The zero-order valence-electron chi connectivity index (χ0n) is 19.1. The summed E-state index contributed by atoms with van der Waals surface area (Å²) in [4.78, 5) is 39.8. The third-order valence-corrected chi connectivity index (χ3v) is 6.42. The fraction of sp³-hybridized carbons (Fsp3) is 0.714. The molecule has 1 aromatic rings. The average Bonchev–Trinajstić information content (AvgIpc) is 2.77. The summed E-state index contributed by atoms with van der Waals surface area (Å²) in [6.45, 7) is 13.2. The molecule has 9 nitrogen and oxygen atoms in total. The number of carbonyl (C=O) groups is 2. The van der Waals surface area contributed by atoms with Crippen molar-refractivity contribution in [1.82, 2.24) is 25.1 Å². The Morgan fingerprint density at radius 2 is 1.81 bits per heavy atom. The Labute approximate surface area is 199 Å². The molecule has 0 bridgehead atoms. The van der Waals surface area contributed by atoms with E-state index in [0.717, 1.165) is 38.7 Å². The second-order valence-corrected chi connectivity index (χ2v) is 10.3. The van der Waals surface area contributed by atoms with Gasteiger partial charge in [0.1, 0.15) is 11.0 Å². The second-order valence-electron chi connectivity index (χ2n) is 8.95. The van der Waals surface area contributed by atoms with E-state index in [4.69, 9.17) is 16.3 Å². The third kappa shape index (κ3) is 7.47. The van der Waals surface area contributed by atoms with Gasteiger partial charge in [0, 0.05) is 63.8 Å². The van der Waals surface area contributed by atoms with Crippen LogP contribution >= 0.6 is 23.4 Å². The van der Waals surface area contributed by atoms with Crippen molar-refractivity contribution >= 4 is 41.0 Å². The number of morpholine rings is 1. The first kappa shape index (κ1) is 25.0. The summed E-state index contributed by atoms with van der Waals surface area (Å²) in [5.41, 5.74) is -0.382. The van der Waals surface area contributed by atoms with Crippen LogP contribution < -0.4 is 10.2 Å². The van der Waals surface area contributed by atoms with Crippen molar-refractivity contribution in [3.05, 3.63) is 11.2 Å². The van der Waals surface area contributed by atoms with Gasteiger partial charge >= 0.3 is 0 Å². The van der Waals surface area contributed by atoms with E-state index in [1.165, 1.54) is 11.8 Å². The highest BCUT2D eigenvalue weighted by atomic mass is 35.5. The largest absolute Gasteiger partial charge is 0.379 e. The Bertz CT molecular complexity index is 792. The number of hydrogen-bond acceptors (Lipinski definition) is 8. The van der Waals surface area contributed by atoms with Crippen molar-refractivity contribution in [3.8, 4) is 0 Å². The standard InChI is InChI=1S/C21H33ClN6O3S/c1-21(2,3)19(30)28-8-6-27(7-9-28)17-14-16(22)24-20(25-17)32-15-18(29)23-4-5-26-10-12-31-13-11-26/h14H,4-13,15H2,1-3H3,(H,23,29). The number of carbonyl (C=O) groups excluding carboxylic acids is 2. The van der Waals surface area contributed by atoms with E-state index in [2.05, 4.69) is 25.1 Å². The van der Waals surface area contributed by atoms with E-state index in [-0.39, 0.29) is 23.0 Å². The topological polar surface area (TPSA) is 90.9 Å². The first-order valence-electron chi connectivity index (χ1n) is 11.0. The van der Waals surface area contributed by atoms with E-state index in [1.807, 2.05) is 25.7 Å². The summed E-state index contributed by atoms with van der Waals surface area (Å²) in [7, 11) is 0. The van der Waals surface area contributed by atoms with Crippen molar-refractivity contribution < 1.29 is 14.3 Å². The van der Waals surface area contributed by atoms with Crippen molar-refractivity contribution in [3.63, 3.8) is 0 Å². The van der Waals surface area contributed by atoms with E-state index in [1.54, 1.807) is 6.07 Å². The molecular weight excluding hydrogens is 452 g/mol. The number of rotatable bonds is 7. The Kier molecular flexibility index (Phi) is 8.98. The Balaban J connectivity index is 1.46. The molecule has 1 N–H and O–H groups in total. The van der Waals surface area contributed by atoms with Gasteiger partial charge in [-0.3, -0.25) is 14.5 Å². The fourth-order valence-corrected chi connectivity index (χ4v) is 4.50. The molecule has 3 rings (SSSR count). The molecule has 0 unspecified atom stereocenters. The van der Waals surface area contributed by atoms with Gasteiger partial charge in [-0.2, -0.15) is 0 Å². The molecular formula is C21H33ClN6O3S. The molecule has 2 amide bonds. The van der Waals surface area contributed by atoms with Crippen LogP contribution in [-0.4, -0.2) is 103 Å². The Morgan fingerprint density at radius 1 is 1.12 bits per heavy atom. The molecule has 2 aliphatic heterocycles. The number of nitrogens with one attached hydrogen (secondary N) is 1. The van der Waals surface area contributed by atoms with Crippen LogP contribution in [-0.2, 0) is 14.3 Å². The zero-order chi connectivity index (χ0) is 23.1. The number of anilines is 1. The number of nitrogens with zero attached hydrogens (tertiary/aromatic N) is 5. The minimum atomic E-state index is -0.382. The number of aromatic nitrogens is 2. The molecule has 0 saturated carbocycles. The fourth-order valence-electron chi connectivity index (χ4n) is 3.58. The van der Waals surface area contributed by atoms with E-state index in [0.29, 0.717) is 43.0 Å². The van der Waals surface area contributed by atoms with E-state index < -0.39 is 0 Å². The SMILES string of the molecule is CC(C)(C)C(=O)N1CCN(c2cc(Cl)nc(SCC(=O)NCCN3CCOCC3)n2)CC1. The Hall–Kier alpha value is -1.62. The van der Waals surface area contributed by atoms with Gasteiger partial charge in [0.25, 0.3) is 0 Å². The van der Waals surface area contributed by atoms with Gasteiger partial charge in [-0.15, -0.1) is 0 Å². The van der Waals surface area contributed by atoms with Crippen LogP contribution in [0.25, 0.3) is 0 Å². The summed E-state index contributed by atoms with van der Waals surface area (Å²) in [6.07, 6.45) is 0. The van der Waals surface area contributed by atoms with E-state index >= 15 is 0 Å². The number of amides is 2. The summed E-state index contributed by atoms with van der Waals surface area (Å²) in [5.74, 6) is 1.07. The number of ether oxygens (including phenoxy) is 1. The third-order valence-electron chi connectivity index (χ3n) is 5.38. The summed E-state index contributed by atoms with van der Waals surface area (Å²) in [6, 6.07) is 1.73. The van der Waals surface area contributed by atoms with Crippen LogP contribution in [0, 0.1) is 5.41 Å². The molecule has 0 radical (unpaired) electrons. The molecule has 2 fully saturated rings. The predicted octanol–water partition coefficient (Wildman–Crippen LogP) is 1.37. The molecule has 11 heteroatoms. The van der Waals surface area contributed by atoms with Crippen molar-refractivity contribution in [2.75, 3.05) is 76.2 Å². The monoisotopic (exact) mass is 484 g/mol. The Morgan fingerprint density at radius 3 is 2.47 bits per heavy atom. The lowest BCUT2D eigenvalue weighted by Crippen LogP contribution is -2.51. The maximum absolute atomic E-state index is 12.5. The number of piperazine rings is 1. The molecule has 2 saturated heterocycles. The summed E-state index contributed by atoms with van der Waals surface area (Å²) in [5, 5.41) is 3.76. The average molecular weight is 485 g/mol. The lowest BCUT2D eigenvalue weighted by molar-refractivity contribution is -0.139. The molecule has 1 aromatic heterocycles. The summed E-state index contributed by atoms with van der Waals surface area (Å²) >= 11 is 7.49. The molecule has 0 aromatic carbocycles. The highest BCUT2D eigenvalue weighted by Gasteiger charge is 2.30. The van der Waals surface area contributed by atoms with Gasteiger partial charge in [0.05, 0.1) is 19.0 Å². The lowest BCUT2D eigenvalue weighted by Gasteiger charge is -2.38. The van der Waals surface area contributed by atoms with Crippen LogP contribution in [0.4, 0.5) is 5.82 Å². The maximum atomic E-state index is 12.5. The van der Waals surface area contributed by atoms with Crippen molar-refractivity contribution in [2.24, 2.45) is 5.41 Å².